The average molecular weight is 370 g/mol. The number of methoxy groups -OCH3 is 1. The Hall–Kier alpha value is -1.30. The molecule has 0 saturated heterocycles. The minimum Gasteiger partial charge on any atom is -0.497 e. The third-order valence-electron chi connectivity index (χ3n) is 3.00. The average Bonchev–Trinajstić information content (AvgIpc) is 2.73. The van der Waals surface area contributed by atoms with Crippen molar-refractivity contribution in [1.82, 2.24) is 9.55 Å². The molecule has 0 saturated carbocycles. The van der Waals surface area contributed by atoms with E-state index in [0.29, 0.717) is 9.79 Å². The van der Waals surface area contributed by atoms with Crippen LogP contribution in [0.2, 0.25) is 5.02 Å². The number of aromatic nitrogens is 2. The maximum Gasteiger partial charge on any atom is 0.182 e. The third-order valence-corrected chi connectivity index (χ3v) is 3.97. The van der Waals surface area contributed by atoms with E-state index in [-0.39, 0.29) is 0 Å². The van der Waals surface area contributed by atoms with Crippen LogP contribution in [0.5, 0.6) is 5.75 Å². The summed E-state index contributed by atoms with van der Waals surface area (Å²) in [6, 6.07) is 11.4. The number of hydrogen-bond donors (Lipinski definition) is 1. The Balaban J connectivity index is 2.34. The lowest BCUT2D eigenvalue weighted by molar-refractivity contribution is 0.414. The molecule has 0 aliphatic rings. The number of rotatable bonds is 2. The summed E-state index contributed by atoms with van der Waals surface area (Å²) in [6.45, 7) is 0. The summed E-state index contributed by atoms with van der Waals surface area (Å²) in [7, 11) is 1.64. The summed E-state index contributed by atoms with van der Waals surface area (Å²) in [6.07, 6.45) is 0. The highest BCUT2D eigenvalue weighted by Gasteiger charge is 2.09. The lowest BCUT2D eigenvalue weighted by atomic mass is 10.2. The van der Waals surface area contributed by atoms with Crippen molar-refractivity contribution in [2.24, 2.45) is 0 Å². The van der Waals surface area contributed by atoms with E-state index in [2.05, 4.69) is 20.9 Å². The van der Waals surface area contributed by atoms with Gasteiger partial charge in [0.15, 0.2) is 4.77 Å². The predicted molar refractivity (Wildman–Crippen MR) is 87.7 cm³/mol. The van der Waals surface area contributed by atoms with Crippen LogP contribution < -0.4 is 4.74 Å². The van der Waals surface area contributed by atoms with Gasteiger partial charge in [0.25, 0.3) is 0 Å². The van der Waals surface area contributed by atoms with Crippen LogP contribution in [0, 0.1) is 4.77 Å². The summed E-state index contributed by atoms with van der Waals surface area (Å²) >= 11 is 15.0. The van der Waals surface area contributed by atoms with Crippen molar-refractivity contribution in [2.45, 2.75) is 0 Å². The normalized spacial score (nSPS) is 10.9. The summed E-state index contributed by atoms with van der Waals surface area (Å²) < 4.78 is 8.76. The molecule has 0 aliphatic heterocycles. The predicted octanol–water partition coefficient (Wildman–Crippen LogP) is 5.11. The summed E-state index contributed by atoms with van der Waals surface area (Å²) in [5, 5.41) is 0.669. The van der Waals surface area contributed by atoms with Crippen molar-refractivity contribution in [3.8, 4) is 11.4 Å². The minimum atomic E-state index is 0.613. The Bertz CT molecular complexity index is 856. The second-order valence-corrected chi connectivity index (χ2v) is 6.02. The van der Waals surface area contributed by atoms with Gasteiger partial charge in [0.2, 0.25) is 0 Å². The van der Waals surface area contributed by atoms with E-state index < -0.39 is 0 Å². The first-order chi connectivity index (χ1) is 9.58. The highest BCUT2D eigenvalue weighted by molar-refractivity contribution is 9.10. The number of nitrogens with one attached hydrogen (secondary N) is 1. The Morgan fingerprint density at radius 3 is 2.80 bits per heavy atom. The van der Waals surface area contributed by atoms with Gasteiger partial charge in [0.05, 0.1) is 23.8 Å². The number of fused-ring (bicyclic) bond motifs is 1. The van der Waals surface area contributed by atoms with Crippen LogP contribution in [-0.2, 0) is 0 Å². The topological polar surface area (TPSA) is 29.9 Å². The molecule has 0 fully saturated rings. The summed E-state index contributed by atoms with van der Waals surface area (Å²) in [4.78, 5) is 3.17. The van der Waals surface area contributed by atoms with E-state index >= 15 is 0 Å². The van der Waals surface area contributed by atoms with Gasteiger partial charge in [-0.15, -0.1) is 0 Å². The van der Waals surface area contributed by atoms with Gasteiger partial charge in [-0.3, -0.25) is 4.57 Å². The van der Waals surface area contributed by atoms with Gasteiger partial charge in [0.1, 0.15) is 5.75 Å². The van der Waals surface area contributed by atoms with Crippen molar-refractivity contribution in [3.63, 3.8) is 0 Å². The van der Waals surface area contributed by atoms with Crippen LogP contribution >= 0.6 is 39.7 Å². The zero-order valence-electron chi connectivity index (χ0n) is 10.5. The SMILES string of the molecule is COc1cc(Br)cc(-n2c(=S)[nH]c3ccc(Cl)cc32)c1. The van der Waals surface area contributed by atoms with Gasteiger partial charge >= 0.3 is 0 Å². The zero-order valence-corrected chi connectivity index (χ0v) is 13.6. The largest absolute Gasteiger partial charge is 0.497 e. The first-order valence-electron chi connectivity index (χ1n) is 5.84. The Labute approximate surface area is 134 Å². The molecule has 1 N–H and O–H groups in total. The number of ether oxygens (including phenoxy) is 1. The number of halogens is 2. The molecule has 1 heterocycles. The van der Waals surface area contributed by atoms with Gasteiger partial charge in [-0.1, -0.05) is 27.5 Å². The number of imidazole rings is 1. The highest BCUT2D eigenvalue weighted by Crippen LogP contribution is 2.28. The molecule has 0 bridgehead atoms. The molecular weight excluding hydrogens is 360 g/mol. The smallest absolute Gasteiger partial charge is 0.182 e. The first-order valence-corrected chi connectivity index (χ1v) is 7.41. The Morgan fingerprint density at radius 2 is 2.05 bits per heavy atom. The van der Waals surface area contributed by atoms with Crippen LogP contribution in [0.15, 0.2) is 40.9 Å². The molecule has 0 spiro atoms. The van der Waals surface area contributed by atoms with E-state index in [1.165, 1.54) is 0 Å². The summed E-state index contributed by atoms with van der Waals surface area (Å²) in [5.74, 6) is 0.757. The molecule has 3 nitrogen and oxygen atoms in total. The number of hydrogen-bond acceptors (Lipinski definition) is 2. The van der Waals surface area contributed by atoms with E-state index in [1.54, 1.807) is 7.11 Å². The van der Waals surface area contributed by atoms with Crippen molar-refractivity contribution in [1.29, 1.82) is 0 Å². The van der Waals surface area contributed by atoms with Crippen LogP contribution in [0.3, 0.4) is 0 Å². The van der Waals surface area contributed by atoms with Crippen molar-refractivity contribution < 1.29 is 4.74 Å². The molecule has 0 amide bonds. The van der Waals surface area contributed by atoms with Gasteiger partial charge < -0.3 is 9.72 Å². The van der Waals surface area contributed by atoms with Crippen LogP contribution in [0.1, 0.15) is 0 Å². The molecule has 1 aromatic heterocycles. The Kier molecular flexibility index (Phi) is 3.58. The lowest BCUT2D eigenvalue weighted by Gasteiger charge is -2.08. The van der Waals surface area contributed by atoms with Crippen molar-refractivity contribution >= 4 is 50.8 Å². The minimum absolute atomic E-state index is 0.613. The molecule has 3 aromatic rings. The van der Waals surface area contributed by atoms with E-state index in [0.717, 1.165) is 26.9 Å². The highest BCUT2D eigenvalue weighted by atomic mass is 79.9. The second kappa shape index (κ2) is 5.24. The standard InChI is InChI=1S/C14H10BrClN2OS/c1-19-11-5-8(15)4-10(7-11)18-13-6-9(16)2-3-12(13)17-14(18)20/h2-7H,1H3,(H,17,20). The number of nitrogens with zero attached hydrogens (tertiary/aromatic N) is 1. The number of aromatic amines is 1. The van der Waals surface area contributed by atoms with Crippen LogP contribution in [-0.4, -0.2) is 16.7 Å². The molecular formula is C14H10BrClN2OS. The van der Waals surface area contributed by atoms with Gasteiger partial charge in [-0.25, -0.2) is 0 Å². The molecule has 0 atom stereocenters. The van der Waals surface area contributed by atoms with Gasteiger partial charge in [-0.05, 0) is 42.5 Å². The fourth-order valence-electron chi connectivity index (χ4n) is 2.13. The van der Waals surface area contributed by atoms with E-state index in [9.17, 15) is 0 Å². The molecule has 20 heavy (non-hydrogen) atoms. The maximum absolute atomic E-state index is 6.08. The fourth-order valence-corrected chi connectivity index (χ4v) is 3.07. The van der Waals surface area contributed by atoms with Crippen LogP contribution in [0.25, 0.3) is 16.7 Å². The maximum atomic E-state index is 6.08. The van der Waals surface area contributed by atoms with Crippen molar-refractivity contribution in [3.05, 3.63) is 50.7 Å². The third kappa shape index (κ3) is 2.37. The first kappa shape index (κ1) is 13.7. The molecule has 3 rings (SSSR count). The number of benzene rings is 2. The monoisotopic (exact) mass is 368 g/mol. The molecule has 2 aromatic carbocycles. The molecule has 0 radical (unpaired) electrons. The van der Waals surface area contributed by atoms with E-state index in [4.69, 9.17) is 28.6 Å². The van der Waals surface area contributed by atoms with Gasteiger partial charge in [-0.2, -0.15) is 0 Å². The summed E-state index contributed by atoms with van der Waals surface area (Å²) in [5.41, 5.74) is 2.79. The number of H-pyrrole nitrogens is 1. The Morgan fingerprint density at radius 1 is 1.25 bits per heavy atom. The van der Waals surface area contributed by atoms with Crippen LogP contribution in [0.4, 0.5) is 0 Å². The molecule has 102 valence electrons. The quantitative estimate of drug-likeness (QED) is 0.636. The molecule has 0 unspecified atom stereocenters. The second-order valence-electron chi connectivity index (χ2n) is 4.28. The zero-order chi connectivity index (χ0) is 14.3. The molecule has 6 heteroatoms. The van der Waals surface area contributed by atoms with Gasteiger partial charge in [0, 0.05) is 15.6 Å². The van der Waals surface area contributed by atoms with Crippen molar-refractivity contribution in [2.75, 3.05) is 7.11 Å². The fraction of sp³-hybridized carbons (Fsp3) is 0.0714. The molecule has 0 aliphatic carbocycles. The van der Waals surface area contributed by atoms with E-state index in [1.807, 2.05) is 41.0 Å². The lowest BCUT2D eigenvalue weighted by Crippen LogP contribution is -1.95.